The van der Waals surface area contributed by atoms with Gasteiger partial charge in [-0.05, 0) is 12.1 Å². The van der Waals surface area contributed by atoms with Gasteiger partial charge in [0.15, 0.2) is 5.78 Å². The van der Waals surface area contributed by atoms with Crippen LogP contribution >= 0.6 is 34.8 Å². The van der Waals surface area contributed by atoms with E-state index in [1.807, 2.05) is 0 Å². The molecule has 1 aromatic rings. The molecule has 1 atom stereocenters. The summed E-state index contributed by atoms with van der Waals surface area (Å²) in [5.41, 5.74) is 0.187. The van der Waals surface area contributed by atoms with Crippen molar-refractivity contribution in [1.29, 1.82) is 0 Å². The normalized spacial score (nSPS) is 23.2. The van der Waals surface area contributed by atoms with Crippen LogP contribution in [0.5, 0.6) is 0 Å². The molecule has 0 radical (unpaired) electrons. The van der Waals surface area contributed by atoms with Crippen molar-refractivity contribution in [2.24, 2.45) is 0 Å². The zero-order valence-electron chi connectivity index (χ0n) is 10.4. The summed E-state index contributed by atoms with van der Waals surface area (Å²) in [6.45, 7) is 0. The molecule has 1 aliphatic heterocycles. The number of ketones is 1. The predicted molar refractivity (Wildman–Crippen MR) is 78.8 cm³/mol. The second-order valence-electron chi connectivity index (χ2n) is 4.36. The van der Waals surface area contributed by atoms with Crippen molar-refractivity contribution >= 4 is 62.3 Å². The number of alkyl halides is 3. The summed E-state index contributed by atoms with van der Waals surface area (Å²) in [5.74, 6) is -2.26. The lowest BCUT2D eigenvalue weighted by Gasteiger charge is -2.40. The highest BCUT2D eigenvalue weighted by Crippen LogP contribution is 2.49. The summed E-state index contributed by atoms with van der Waals surface area (Å²) in [7, 11) is -3.95. The Morgan fingerprint density at radius 2 is 1.76 bits per heavy atom. The number of hydrogen-bond donors (Lipinski definition) is 1. The monoisotopic (exact) mass is 371 g/mol. The molecule has 21 heavy (non-hydrogen) atoms. The standard InChI is InChI=1S/C11H8Cl3NO5S/c1-15-7-5-3-2-4-6(7)8(16)10(12,9(15)17)11(13,14)21(18,19)20/h2-5H,1H3,(H,18,19,20)/t10-/m1/s1. The highest BCUT2D eigenvalue weighted by atomic mass is 35.5. The molecule has 1 amide bonds. The zero-order valence-corrected chi connectivity index (χ0v) is 13.5. The molecule has 1 heterocycles. The largest absolute Gasteiger partial charge is 0.313 e. The summed E-state index contributed by atoms with van der Waals surface area (Å²) in [4.78, 5) is 22.9. The van der Waals surface area contributed by atoms with Crippen molar-refractivity contribution in [2.75, 3.05) is 11.9 Å². The second kappa shape index (κ2) is 4.82. The minimum atomic E-state index is -5.22. The Labute approximate surface area is 135 Å². The van der Waals surface area contributed by atoms with Crippen molar-refractivity contribution in [1.82, 2.24) is 0 Å². The molecule has 10 heteroatoms. The van der Waals surface area contributed by atoms with E-state index in [1.165, 1.54) is 25.2 Å². The summed E-state index contributed by atoms with van der Waals surface area (Å²) in [6.07, 6.45) is 0. The highest BCUT2D eigenvalue weighted by molar-refractivity contribution is 7.90. The fraction of sp³-hybridized carbons (Fsp3) is 0.273. The topological polar surface area (TPSA) is 91.8 Å². The van der Waals surface area contributed by atoms with Crippen molar-refractivity contribution in [3.8, 4) is 0 Å². The van der Waals surface area contributed by atoms with Crippen LogP contribution in [-0.4, -0.2) is 40.2 Å². The van der Waals surface area contributed by atoms with E-state index in [1.54, 1.807) is 6.07 Å². The fourth-order valence-corrected chi connectivity index (χ4v) is 3.41. The molecule has 0 saturated heterocycles. The number of hydrogen-bond acceptors (Lipinski definition) is 4. The first-order chi connectivity index (χ1) is 9.46. The molecule has 0 aromatic heterocycles. The zero-order chi connectivity index (χ0) is 16.2. The van der Waals surface area contributed by atoms with Gasteiger partial charge < -0.3 is 4.90 Å². The highest BCUT2D eigenvalue weighted by Gasteiger charge is 2.69. The molecule has 1 N–H and O–H groups in total. The average molecular weight is 373 g/mol. The molecule has 0 aliphatic carbocycles. The van der Waals surface area contributed by atoms with E-state index in [0.29, 0.717) is 0 Å². The summed E-state index contributed by atoms with van der Waals surface area (Å²) in [6, 6.07) is 5.88. The van der Waals surface area contributed by atoms with Gasteiger partial charge in [-0.15, -0.1) is 0 Å². The van der Waals surface area contributed by atoms with E-state index >= 15 is 0 Å². The summed E-state index contributed by atoms with van der Waals surface area (Å²) < 4.78 is 28.6. The van der Waals surface area contributed by atoms with E-state index in [0.717, 1.165) is 4.90 Å². The number of carbonyl (C=O) groups is 2. The Hall–Kier alpha value is -0.860. The molecule has 0 spiro atoms. The van der Waals surface area contributed by atoms with Gasteiger partial charge in [0.25, 0.3) is 9.57 Å². The van der Waals surface area contributed by atoms with Crippen LogP contribution in [0, 0.1) is 0 Å². The third-order valence-electron chi connectivity index (χ3n) is 3.15. The molecule has 2 rings (SSSR count). The van der Waals surface area contributed by atoms with Crippen molar-refractivity contribution in [3.05, 3.63) is 29.8 Å². The lowest BCUT2D eigenvalue weighted by molar-refractivity contribution is -0.119. The minimum Gasteiger partial charge on any atom is -0.313 e. The first kappa shape index (κ1) is 16.5. The van der Waals surface area contributed by atoms with Gasteiger partial charge >= 0.3 is 10.1 Å². The van der Waals surface area contributed by atoms with Crippen LogP contribution in [0.1, 0.15) is 10.4 Å². The number of anilines is 1. The Morgan fingerprint density at radius 3 is 2.29 bits per heavy atom. The van der Waals surface area contributed by atoms with E-state index in [9.17, 15) is 18.0 Å². The van der Waals surface area contributed by atoms with Gasteiger partial charge in [-0.3, -0.25) is 14.1 Å². The number of fused-ring (bicyclic) bond motifs is 1. The first-order valence-electron chi connectivity index (χ1n) is 5.42. The number of amides is 1. The molecule has 1 aliphatic rings. The maximum atomic E-state index is 12.5. The van der Waals surface area contributed by atoms with Gasteiger partial charge in [0, 0.05) is 12.6 Å². The van der Waals surface area contributed by atoms with Gasteiger partial charge in [-0.1, -0.05) is 46.9 Å². The van der Waals surface area contributed by atoms with E-state index in [-0.39, 0.29) is 11.3 Å². The van der Waals surface area contributed by atoms with Crippen LogP contribution in [0.25, 0.3) is 0 Å². The molecule has 0 saturated carbocycles. The Morgan fingerprint density at radius 1 is 1.24 bits per heavy atom. The number of nitrogens with zero attached hydrogens (tertiary/aromatic N) is 1. The number of rotatable bonds is 2. The maximum Gasteiger partial charge on any atom is 0.302 e. The Balaban J connectivity index is 2.78. The first-order valence-corrected chi connectivity index (χ1v) is 7.99. The van der Waals surface area contributed by atoms with Gasteiger partial charge in [0.05, 0.1) is 5.69 Å². The van der Waals surface area contributed by atoms with Crippen molar-refractivity contribution in [3.63, 3.8) is 0 Å². The maximum absolute atomic E-state index is 12.5. The smallest absolute Gasteiger partial charge is 0.302 e. The summed E-state index contributed by atoms with van der Waals surface area (Å²) in [5, 5.41) is 0. The minimum absolute atomic E-state index is 0.0380. The van der Waals surface area contributed by atoms with E-state index in [4.69, 9.17) is 39.4 Å². The number of carbonyl (C=O) groups excluding carboxylic acids is 2. The summed E-state index contributed by atoms with van der Waals surface area (Å²) >= 11 is 17.1. The Bertz CT molecular complexity index is 748. The van der Waals surface area contributed by atoms with E-state index in [2.05, 4.69) is 0 Å². The van der Waals surface area contributed by atoms with Gasteiger partial charge in [-0.2, -0.15) is 8.42 Å². The SMILES string of the molecule is CN1C(=O)[C@@](Cl)(C(Cl)(Cl)S(=O)(=O)O)C(=O)c2ccccc21. The number of benzene rings is 1. The third-order valence-corrected chi connectivity index (χ3v) is 6.76. The quantitative estimate of drug-likeness (QED) is 0.486. The number of Topliss-reactive ketones (excluding diaryl/α,β-unsaturated/α-hetero) is 1. The molecule has 0 unspecified atom stereocenters. The number of para-hydroxylation sites is 1. The van der Waals surface area contributed by atoms with Gasteiger partial charge in [0.1, 0.15) is 0 Å². The van der Waals surface area contributed by atoms with Crippen molar-refractivity contribution < 1.29 is 22.6 Å². The molecule has 1 aromatic carbocycles. The van der Waals surface area contributed by atoms with Gasteiger partial charge in [-0.25, -0.2) is 0 Å². The molecular formula is C11H8Cl3NO5S. The lowest BCUT2D eigenvalue weighted by Crippen LogP contribution is -2.64. The average Bonchev–Trinajstić information content (AvgIpc) is 2.41. The van der Waals surface area contributed by atoms with Crippen LogP contribution < -0.4 is 4.90 Å². The van der Waals surface area contributed by atoms with Crippen LogP contribution in [0.4, 0.5) is 5.69 Å². The fourth-order valence-electron chi connectivity index (χ4n) is 2.02. The molecule has 6 nitrogen and oxygen atoms in total. The van der Waals surface area contributed by atoms with Crippen LogP contribution in [0.15, 0.2) is 24.3 Å². The van der Waals surface area contributed by atoms with E-state index < -0.39 is 30.3 Å². The Kier molecular flexibility index (Phi) is 3.79. The second-order valence-corrected chi connectivity index (χ2v) is 8.27. The van der Waals surface area contributed by atoms with Crippen LogP contribution in [0.2, 0.25) is 0 Å². The lowest BCUT2D eigenvalue weighted by atomic mass is 9.90. The predicted octanol–water partition coefficient (Wildman–Crippen LogP) is 1.84. The molecule has 0 bridgehead atoms. The van der Waals surface area contributed by atoms with Crippen molar-refractivity contribution in [2.45, 2.75) is 8.54 Å². The third kappa shape index (κ3) is 2.07. The van der Waals surface area contributed by atoms with Crippen LogP contribution in [-0.2, 0) is 14.9 Å². The molecular weight excluding hydrogens is 365 g/mol. The van der Waals surface area contributed by atoms with Crippen LogP contribution in [0.3, 0.4) is 0 Å². The number of halogens is 3. The molecule has 114 valence electrons. The molecule has 0 fully saturated rings. The van der Waals surface area contributed by atoms with Gasteiger partial charge in [0.2, 0.25) is 4.87 Å².